The number of hydrogen-bond donors (Lipinski definition) is 2. The monoisotopic (exact) mass is 255 g/mol. The second kappa shape index (κ2) is 4.31. The summed E-state index contributed by atoms with van der Waals surface area (Å²) in [5.74, 6) is 0.564. The maximum atomic E-state index is 5.89. The van der Waals surface area contributed by atoms with Crippen molar-refractivity contribution in [1.82, 2.24) is 10.2 Å². The summed E-state index contributed by atoms with van der Waals surface area (Å²) in [6.07, 6.45) is 0. The molecule has 0 bridgehead atoms. The van der Waals surface area contributed by atoms with Gasteiger partial charge < -0.3 is 5.73 Å². The molecular formula is C14H13N3S. The summed E-state index contributed by atoms with van der Waals surface area (Å²) in [7, 11) is 0. The van der Waals surface area contributed by atoms with E-state index < -0.39 is 0 Å². The van der Waals surface area contributed by atoms with Crippen molar-refractivity contribution >= 4 is 17.2 Å². The lowest BCUT2D eigenvalue weighted by Gasteiger charge is -1.97. The van der Waals surface area contributed by atoms with E-state index in [1.165, 1.54) is 11.1 Å². The number of aromatic amines is 1. The number of nitrogens with zero attached hydrogens (tertiary/aromatic N) is 1. The molecule has 0 amide bonds. The van der Waals surface area contributed by atoms with Gasteiger partial charge >= 0.3 is 0 Å². The number of nitrogens with two attached hydrogens (primary N) is 1. The third kappa shape index (κ3) is 1.80. The molecule has 3 rings (SSSR count). The van der Waals surface area contributed by atoms with Gasteiger partial charge in [0.05, 0.1) is 5.56 Å². The second-order valence-electron chi connectivity index (χ2n) is 4.17. The van der Waals surface area contributed by atoms with Crippen molar-refractivity contribution in [3.8, 4) is 21.6 Å². The lowest BCUT2D eigenvalue weighted by Crippen LogP contribution is -1.86. The molecule has 0 spiro atoms. The molecule has 18 heavy (non-hydrogen) atoms. The molecule has 4 heteroatoms. The third-order valence-corrected chi connectivity index (χ3v) is 3.88. The van der Waals surface area contributed by atoms with Crippen LogP contribution in [0.25, 0.3) is 21.6 Å². The summed E-state index contributed by atoms with van der Waals surface area (Å²) in [4.78, 5) is 1.15. The first-order chi connectivity index (χ1) is 8.75. The van der Waals surface area contributed by atoms with E-state index in [2.05, 4.69) is 33.8 Å². The number of nitrogens with one attached hydrogen (secondary N) is 1. The minimum atomic E-state index is 0.564. The Morgan fingerprint density at radius 3 is 2.61 bits per heavy atom. The molecular weight excluding hydrogens is 242 g/mol. The first-order valence-electron chi connectivity index (χ1n) is 5.70. The number of hydrogen-bond acceptors (Lipinski definition) is 3. The van der Waals surface area contributed by atoms with Gasteiger partial charge in [-0.1, -0.05) is 30.3 Å². The Balaban J connectivity index is 2.05. The highest BCUT2D eigenvalue weighted by molar-refractivity contribution is 7.14. The number of benzene rings is 1. The van der Waals surface area contributed by atoms with Gasteiger partial charge in [-0.3, -0.25) is 5.10 Å². The second-order valence-corrected chi connectivity index (χ2v) is 5.09. The largest absolute Gasteiger partial charge is 0.382 e. The zero-order chi connectivity index (χ0) is 12.5. The molecule has 90 valence electrons. The van der Waals surface area contributed by atoms with Crippen LogP contribution in [0, 0.1) is 6.92 Å². The molecule has 0 unspecified atom stereocenters. The molecule has 0 saturated carbocycles. The van der Waals surface area contributed by atoms with Crippen molar-refractivity contribution in [2.24, 2.45) is 0 Å². The van der Waals surface area contributed by atoms with Gasteiger partial charge in [-0.2, -0.15) is 5.10 Å². The van der Waals surface area contributed by atoms with Gasteiger partial charge in [0.15, 0.2) is 5.82 Å². The molecule has 3 aromatic rings. The molecule has 0 saturated heterocycles. The normalized spacial score (nSPS) is 10.7. The fourth-order valence-corrected chi connectivity index (χ4v) is 3.04. The predicted molar refractivity (Wildman–Crippen MR) is 76.5 cm³/mol. The highest BCUT2D eigenvalue weighted by Gasteiger charge is 2.12. The number of thiophene rings is 1. The molecule has 2 aromatic heterocycles. The van der Waals surface area contributed by atoms with E-state index in [0.29, 0.717) is 5.82 Å². The van der Waals surface area contributed by atoms with E-state index >= 15 is 0 Å². The van der Waals surface area contributed by atoms with Crippen molar-refractivity contribution < 1.29 is 0 Å². The lowest BCUT2D eigenvalue weighted by molar-refractivity contribution is 1.05. The Hall–Kier alpha value is -2.07. The molecule has 3 nitrogen and oxygen atoms in total. The van der Waals surface area contributed by atoms with Crippen LogP contribution in [-0.4, -0.2) is 10.2 Å². The van der Waals surface area contributed by atoms with E-state index in [1.807, 2.05) is 25.1 Å². The van der Waals surface area contributed by atoms with E-state index in [0.717, 1.165) is 16.1 Å². The summed E-state index contributed by atoms with van der Waals surface area (Å²) < 4.78 is 0. The van der Waals surface area contributed by atoms with Gasteiger partial charge in [0.25, 0.3) is 0 Å². The zero-order valence-electron chi connectivity index (χ0n) is 9.97. The summed E-state index contributed by atoms with van der Waals surface area (Å²) >= 11 is 1.69. The standard InChI is InChI=1S/C14H13N3S/c1-9-13(14(15)17-16-9)12-7-11(8-18-12)10-5-3-2-4-6-10/h2-8H,1H3,(H3,15,16,17). The Labute approximate surface area is 109 Å². The molecule has 1 aromatic carbocycles. The number of anilines is 1. The SMILES string of the molecule is Cc1[nH]nc(N)c1-c1cc(-c2ccccc2)cs1. The van der Waals surface area contributed by atoms with Gasteiger partial charge in [-0.25, -0.2) is 0 Å². The molecule has 0 atom stereocenters. The van der Waals surface area contributed by atoms with Gasteiger partial charge in [-0.15, -0.1) is 11.3 Å². The fraction of sp³-hybridized carbons (Fsp3) is 0.0714. The van der Waals surface area contributed by atoms with E-state index in [9.17, 15) is 0 Å². The van der Waals surface area contributed by atoms with Crippen LogP contribution in [0.1, 0.15) is 5.69 Å². The summed E-state index contributed by atoms with van der Waals surface area (Å²) in [5.41, 5.74) is 10.3. The Kier molecular flexibility index (Phi) is 2.64. The molecule has 3 N–H and O–H groups in total. The van der Waals surface area contributed by atoms with Crippen molar-refractivity contribution in [3.05, 3.63) is 47.5 Å². The topological polar surface area (TPSA) is 54.7 Å². The Bertz CT molecular complexity index is 648. The number of nitrogen functional groups attached to an aromatic ring is 1. The Morgan fingerprint density at radius 2 is 1.94 bits per heavy atom. The van der Waals surface area contributed by atoms with Crippen LogP contribution in [0.4, 0.5) is 5.82 Å². The lowest BCUT2D eigenvalue weighted by atomic mass is 10.1. The van der Waals surface area contributed by atoms with Crippen molar-refractivity contribution in [3.63, 3.8) is 0 Å². The highest BCUT2D eigenvalue weighted by Crippen LogP contribution is 2.36. The molecule has 0 fully saturated rings. The first-order valence-corrected chi connectivity index (χ1v) is 6.58. The zero-order valence-corrected chi connectivity index (χ0v) is 10.8. The van der Waals surface area contributed by atoms with Gasteiger partial charge in [0.1, 0.15) is 0 Å². The van der Waals surface area contributed by atoms with Crippen LogP contribution in [0.2, 0.25) is 0 Å². The summed E-state index contributed by atoms with van der Waals surface area (Å²) in [5, 5.41) is 9.10. The number of aromatic nitrogens is 2. The molecule has 0 aliphatic heterocycles. The van der Waals surface area contributed by atoms with Crippen molar-refractivity contribution in [2.75, 3.05) is 5.73 Å². The number of aryl methyl sites for hydroxylation is 1. The van der Waals surface area contributed by atoms with Gasteiger partial charge in [0, 0.05) is 10.6 Å². The van der Waals surface area contributed by atoms with Crippen LogP contribution in [0.5, 0.6) is 0 Å². The Morgan fingerprint density at radius 1 is 1.17 bits per heavy atom. The summed E-state index contributed by atoms with van der Waals surface area (Å²) in [6, 6.07) is 12.5. The van der Waals surface area contributed by atoms with Crippen molar-refractivity contribution in [1.29, 1.82) is 0 Å². The van der Waals surface area contributed by atoms with E-state index in [1.54, 1.807) is 11.3 Å². The van der Waals surface area contributed by atoms with Crippen LogP contribution < -0.4 is 5.73 Å². The number of H-pyrrole nitrogens is 1. The van der Waals surface area contributed by atoms with Crippen molar-refractivity contribution in [2.45, 2.75) is 6.92 Å². The van der Waals surface area contributed by atoms with Crippen LogP contribution in [-0.2, 0) is 0 Å². The molecule has 0 radical (unpaired) electrons. The van der Waals surface area contributed by atoms with E-state index in [-0.39, 0.29) is 0 Å². The third-order valence-electron chi connectivity index (χ3n) is 2.93. The molecule has 0 aliphatic rings. The first kappa shape index (κ1) is 11.0. The smallest absolute Gasteiger partial charge is 0.154 e. The van der Waals surface area contributed by atoms with Crippen LogP contribution in [0.3, 0.4) is 0 Å². The van der Waals surface area contributed by atoms with Gasteiger partial charge in [0.2, 0.25) is 0 Å². The predicted octanol–water partition coefficient (Wildman–Crippen LogP) is 3.70. The fourth-order valence-electron chi connectivity index (χ4n) is 2.01. The van der Waals surface area contributed by atoms with Crippen LogP contribution in [0.15, 0.2) is 41.8 Å². The van der Waals surface area contributed by atoms with Crippen LogP contribution >= 0.6 is 11.3 Å². The van der Waals surface area contributed by atoms with Gasteiger partial charge in [-0.05, 0) is 29.5 Å². The highest BCUT2D eigenvalue weighted by atomic mass is 32.1. The average Bonchev–Trinajstić information content (AvgIpc) is 2.98. The molecule has 2 heterocycles. The maximum Gasteiger partial charge on any atom is 0.154 e. The quantitative estimate of drug-likeness (QED) is 0.733. The maximum absolute atomic E-state index is 5.89. The minimum absolute atomic E-state index is 0.564. The average molecular weight is 255 g/mol. The summed E-state index contributed by atoms with van der Waals surface area (Å²) in [6.45, 7) is 1.99. The number of rotatable bonds is 2. The minimum Gasteiger partial charge on any atom is -0.382 e. The van der Waals surface area contributed by atoms with E-state index in [4.69, 9.17) is 5.73 Å². The molecule has 0 aliphatic carbocycles.